The number of rotatable bonds is 4. The predicted molar refractivity (Wildman–Crippen MR) is 82.2 cm³/mol. The van der Waals surface area contributed by atoms with Crippen molar-refractivity contribution in [3.63, 3.8) is 0 Å². The Labute approximate surface area is 119 Å². The molecule has 0 aliphatic rings. The Hall–Kier alpha value is -2.01. The number of anilines is 2. The van der Waals surface area contributed by atoms with Crippen molar-refractivity contribution in [2.75, 3.05) is 10.5 Å². The number of nitrogens with two attached hydrogens (primary N) is 1. The molecule has 2 aromatic carbocycles. The third-order valence-corrected chi connectivity index (χ3v) is 4.53. The lowest BCUT2D eigenvalue weighted by Crippen LogP contribution is -2.15. The summed E-state index contributed by atoms with van der Waals surface area (Å²) in [5.41, 5.74) is 8.50. The van der Waals surface area contributed by atoms with Crippen LogP contribution in [0.1, 0.15) is 18.1 Å². The van der Waals surface area contributed by atoms with Gasteiger partial charge in [0, 0.05) is 11.4 Å². The molecule has 0 unspecified atom stereocenters. The summed E-state index contributed by atoms with van der Waals surface area (Å²) in [5.74, 6) is 0. The Bertz CT molecular complexity index is 707. The second kappa shape index (κ2) is 5.54. The van der Waals surface area contributed by atoms with Gasteiger partial charge in [0.2, 0.25) is 0 Å². The largest absolute Gasteiger partial charge is 0.399 e. The molecule has 106 valence electrons. The van der Waals surface area contributed by atoms with Crippen molar-refractivity contribution < 1.29 is 8.42 Å². The summed E-state index contributed by atoms with van der Waals surface area (Å²) < 4.78 is 27.5. The van der Waals surface area contributed by atoms with E-state index in [4.69, 9.17) is 5.73 Å². The first-order chi connectivity index (χ1) is 9.42. The van der Waals surface area contributed by atoms with Crippen LogP contribution in [-0.2, 0) is 16.4 Å². The molecule has 0 heterocycles. The smallest absolute Gasteiger partial charge is 0.262 e. The maximum Gasteiger partial charge on any atom is 0.262 e. The maximum atomic E-state index is 12.5. The normalized spacial score (nSPS) is 11.3. The summed E-state index contributed by atoms with van der Waals surface area (Å²) in [5, 5.41) is 0. The molecule has 0 atom stereocenters. The van der Waals surface area contributed by atoms with E-state index < -0.39 is 10.0 Å². The Kier molecular flexibility index (Phi) is 3.99. The topological polar surface area (TPSA) is 72.2 Å². The van der Waals surface area contributed by atoms with Gasteiger partial charge >= 0.3 is 0 Å². The molecule has 0 saturated carbocycles. The Balaban J connectivity index is 2.40. The van der Waals surface area contributed by atoms with E-state index in [1.807, 2.05) is 26.0 Å². The minimum absolute atomic E-state index is 0.237. The van der Waals surface area contributed by atoms with Crippen molar-refractivity contribution in [2.24, 2.45) is 0 Å². The highest BCUT2D eigenvalue weighted by molar-refractivity contribution is 7.92. The number of benzene rings is 2. The lowest BCUT2D eigenvalue weighted by molar-refractivity contribution is 0.600. The van der Waals surface area contributed by atoms with Gasteiger partial charge in [0.1, 0.15) is 0 Å². The molecule has 4 nitrogen and oxygen atoms in total. The summed E-state index contributed by atoms with van der Waals surface area (Å²) in [6.07, 6.45) is 0.629. The van der Waals surface area contributed by atoms with Gasteiger partial charge in [-0.15, -0.1) is 0 Å². The van der Waals surface area contributed by atoms with Crippen LogP contribution in [0, 0.1) is 6.92 Å². The van der Waals surface area contributed by atoms with Crippen molar-refractivity contribution in [3.05, 3.63) is 53.6 Å². The monoisotopic (exact) mass is 290 g/mol. The molecular weight excluding hydrogens is 272 g/mol. The molecule has 0 saturated heterocycles. The Morgan fingerprint density at radius 2 is 1.75 bits per heavy atom. The number of sulfonamides is 1. The van der Waals surface area contributed by atoms with Crippen LogP contribution >= 0.6 is 0 Å². The SMILES string of the molecule is CCc1ccc(N)cc1S(=O)(=O)Nc1ccc(C)cc1. The Morgan fingerprint density at radius 1 is 1.10 bits per heavy atom. The van der Waals surface area contributed by atoms with Crippen LogP contribution in [0.3, 0.4) is 0 Å². The highest BCUT2D eigenvalue weighted by Gasteiger charge is 2.18. The molecule has 2 rings (SSSR count). The van der Waals surface area contributed by atoms with E-state index in [0.29, 0.717) is 17.8 Å². The molecule has 3 N–H and O–H groups in total. The first-order valence-corrected chi connectivity index (χ1v) is 7.88. The lowest BCUT2D eigenvalue weighted by atomic mass is 10.1. The molecule has 20 heavy (non-hydrogen) atoms. The predicted octanol–water partition coefficient (Wildman–Crippen LogP) is 2.94. The van der Waals surface area contributed by atoms with Crippen LogP contribution < -0.4 is 10.5 Å². The number of hydrogen-bond acceptors (Lipinski definition) is 3. The van der Waals surface area contributed by atoms with Gasteiger partial charge < -0.3 is 5.73 Å². The van der Waals surface area contributed by atoms with Crippen LogP contribution in [0.2, 0.25) is 0 Å². The molecule has 2 aromatic rings. The molecule has 0 aliphatic heterocycles. The molecule has 0 aliphatic carbocycles. The average molecular weight is 290 g/mol. The molecule has 0 spiro atoms. The van der Waals surface area contributed by atoms with E-state index in [-0.39, 0.29) is 4.90 Å². The Morgan fingerprint density at radius 3 is 2.35 bits per heavy atom. The standard InChI is InChI=1S/C15H18N2O2S/c1-3-12-6-7-13(16)10-15(12)20(18,19)17-14-8-4-11(2)5-9-14/h4-10,17H,3,16H2,1-2H3. The molecule has 0 amide bonds. The third kappa shape index (κ3) is 3.11. The summed E-state index contributed by atoms with van der Waals surface area (Å²) in [6.45, 7) is 3.86. The van der Waals surface area contributed by atoms with Gasteiger partial charge in [-0.2, -0.15) is 0 Å². The first-order valence-electron chi connectivity index (χ1n) is 6.40. The van der Waals surface area contributed by atoms with Crippen LogP contribution in [0.15, 0.2) is 47.4 Å². The van der Waals surface area contributed by atoms with Gasteiger partial charge in [0.15, 0.2) is 0 Å². The number of hydrogen-bond donors (Lipinski definition) is 2. The molecular formula is C15H18N2O2S. The van der Waals surface area contributed by atoms with Crippen molar-refractivity contribution in [1.29, 1.82) is 0 Å². The molecule has 5 heteroatoms. The summed E-state index contributed by atoms with van der Waals surface area (Å²) in [7, 11) is -3.62. The van der Waals surface area contributed by atoms with E-state index in [1.54, 1.807) is 24.3 Å². The zero-order chi connectivity index (χ0) is 14.8. The van der Waals surface area contributed by atoms with Gasteiger partial charge in [0.25, 0.3) is 10.0 Å². The van der Waals surface area contributed by atoms with Crippen molar-refractivity contribution in [2.45, 2.75) is 25.2 Å². The van der Waals surface area contributed by atoms with Gasteiger partial charge in [-0.25, -0.2) is 8.42 Å². The number of nitrogen functional groups attached to an aromatic ring is 1. The number of aryl methyl sites for hydroxylation is 2. The third-order valence-electron chi connectivity index (χ3n) is 3.07. The molecule has 0 bridgehead atoms. The lowest BCUT2D eigenvalue weighted by Gasteiger charge is -2.12. The summed E-state index contributed by atoms with van der Waals surface area (Å²) in [6, 6.07) is 12.2. The first kappa shape index (κ1) is 14.4. The van der Waals surface area contributed by atoms with Crippen LogP contribution in [-0.4, -0.2) is 8.42 Å². The van der Waals surface area contributed by atoms with E-state index in [9.17, 15) is 8.42 Å². The molecule has 0 radical (unpaired) electrons. The van der Waals surface area contributed by atoms with Crippen LogP contribution in [0.4, 0.5) is 11.4 Å². The van der Waals surface area contributed by atoms with E-state index in [2.05, 4.69) is 4.72 Å². The highest BCUT2D eigenvalue weighted by Crippen LogP contribution is 2.22. The zero-order valence-corrected chi connectivity index (χ0v) is 12.4. The minimum Gasteiger partial charge on any atom is -0.399 e. The van der Waals surface area contributed by atoms with Crippen molar-refractivity contribution in [3.8, 4) is 0 Å². The second-order valence-electron chi connectivity index (χ2n) is 4.69. The van der Waals surface area contributed by atoms with E-state index >= 15 is 0 Å². The highest BCUT2D eigenvalue weighted by atomic mass is 32.2. The van der Waals surface area contributed by atoms with Crippen molar-refractivity contribution in [1.82, 2.24) is 0 Å². The second-order valence-corrected chi connectivity index (χ2v) is 6.34. The zero-order valence-electron chi connectivity index (χ0n) is 11.6. The van der Waals surface area contributed by atoms with Crippen molar-refractivity contribution >= 4 is 21.4 Å². The van der Waals surface area contributed by atoms with E-state index in [1.165, 1.54) is 6.07 Å². The molecule has 0 fully saturated rings. The van der Waals surface area contributed by atoms with Gasteiger partial charge in [-0.3, -0.25) is 4.72 Å². The quantitative estimate of drug-likeness (QED) is 0.850. The summed E-state index contributed by atoms with van der Waals surface area (Å²) in [4.78, 5) is 0.237. The fourth-order valence-corrected chi connectivity index (χ4v) is 3.35. The summed E-state index contributed by atoms with van der Waals surface area (Å²) >= 11 is 0. The maximum absolute atomic E-state index is 12.5. The fourth-order valence-electron chi connectivity index (χ4n) is 1.95. The van der Waals surface area contributed by atoms with Gasteiger partial charge in [0.05, 0.1) is 4.90 Å². The minimum atomic E-state index is -3.62. The van der Waals surface area contributed by atoms with Gasteiger partial charge in [-0.1, -0.05) is 30.7 Å². The van der Waals surface area contributed by atoms with E-state index in [0.717, 1.165) is 11.1 Å². The fraction of sp³-hybridized carbons (Fsp3) is 0.200. The average Bonchev–Trinajstić information content (AvgIpc) is 2.41. The van der Waals surface area contributed by atoms with Gasteiger partial charge in [-0.05, 0) is 43.2 Å². The molecule has 0 aromatic heterocycles. The van der Waals surface area contributed by atoms with Crippen LogP contribution in [0.25, 0.3) is 0 Å². The number of nitrogens with one attached hydrogen (secondary N) is 1. The van der Waals surface area contributed by atoms with Crippen LogP contribution in [0.5, 0.6) is 0 Å².